The van der Waals surface area contributed by atoms with Gasteiger partial charge in [0.2, 0.25) is 0 Å². The summed E-state index contributed by atoms with van der Waals surface area (Å²) < 4.78 is 19.0. The van der Waals surface area contributed by atoms with Gasteiger partial charge in [0.05, 0.1) is 6.61 Å². The molecule has 1 saturated heterocycles. The lowest BCUT2D eigenvalue weighted by molar-refractivity contribution is 0.0183. The Hall–Kier alpha value is -0.150. The van der Waals surface area contributed by atoms with E-state index in [9.17, 15) is 4.39 Å². The van der Waals surface area contributed by atoms with Crippen molar-refractivity contribution in [2.75, 3.05) is 19.8 Å². The van der Waals surface area contributed by atoms with E-state index >= 15 is 0 Å². The fourth-order valence-corrected chi connectivity index (χ4v) is 1.99. The van der Waals surface area contributed by atoms with E-state index in [4.69, 9.17) is 4.74 Å². The zero-order valence-corrected chi connectivity index (χ0v) is 9.31. The SMILES string of the molecule is CCOCC(C)(F)CC1CCCCN1. The Kier molecular flexibility index (Phi) is 4.82. The van der Waals surface area contributed by atoms with E-state index < -0.39 is 5.67 Å². The number of halogens is 1. The predicted molar refractivity (Wildman–Crippen MR) is 56.3 cm³/mol. The minimum Gasteiger partial charge on any atom is -0.378 e. The molecule has 2 unspecified atom stereocenters. The topological polar surface area (TPSA) is 21.3 Å². The van der Waals surface area contributed by atoms with Crippen LogP contribution in [0.1, 0.15) is 39.5 Å². The van der Waals surface area contributed by atoms with Crippen molar-refractivity contribution in [3.05, 3.63) is 0 Å². The van der Waals surface area contributed by atoms with Crippen molar-refractivity contribution < 1.29 is 9.13 Å². The van der Waals surface area contributed by atoms with Crippen LogP contribution in [0.4, 0.5) is 4.39 Å². The summed E-state index contributed by atoms with van der Waals surface area (Å²) in [4.78, 5) is 0. The van der Waals surface area contributed by atoms with Crippen LogP contribution in [0.2, 0.25) is 0 Å². The summed E-state index contributed by atoms with van der Waals surface area (Å²) in [5.74, 6) is 0. The molecule has 0 radical (unpaired) electrons. The molecule has 0 aromatic heterocycles. The van der Waals surface area contributed by atoms with Gasteiger partial charge in [0, 0.05) is 12.6 Å². The van der Waals surface area contributed by atoms with Crippen molar-refractivity contribution in [1.29, 1.82) is 0 Å². The van der Waals surface area contributed by atoms with Crippen molar-refractivity contribution in [2.24, 2.45) is 0 Å². The Balaban J connectivity index is 2.25. The molecule has 2 atom stereocenters. The normalized spacial score (nSPS) is 27.2. The van der Waals surface area contributed by atoms with E-state index in [0.717, 1.165) is 13.0 Å². The van der Waals surface area contributed by atoms with Crippen molar-refractivity contribution in [1.82, 2.24) is 5.32 Å². The summed E-state index contributed by atoms with van der Waals surface area (Å²) in [6.07, 6.45) is 4.13. The molecule has 1 aliphatic rings. The number of rotatable bonds is 5. The summed E-state index contributed by atoms with van der Waals surface area (Å²) in [7, 11) is 0. The molecule has 1 rings (SSSR count). The van der Waals surface area contributed by atoms with Crippen molar-refractivity contribution in [2.45, 2.75) is 51.2 Å². The molecule has 0 saturated carbocycles. The van der Waals surface area contributed by atoms with E-state index in [-0.39, 0.29) is 6.61 Å². The molecular weight excluding hydrogens is 181 g/mol. The molecule has 1 aliphatic heterocycles. The second kappa shape index (κ2) is 5.66. The molecule has 1 fully saturated rings. The van der Waals surface area contributed by atoms with Gasteiger partial charge in [0.15, 0.2) is 0 Å². The smallest absolute Gasteiger partial charge is 0.132 e. The van der Waals surface area contributed by atoms with Gasteiger partial charge < -0.3 is 10.1 Å². The van der Waals surface area contributed by atoms with Crippen LogP contribution in [0.25, 0.3) is 0 Å². The van der Waals surface area contributed by atoms with Gasteiger partial charge in [0.1, 0.15) is 5.67 Å². The molecule has 14 heavy (non-hydrogen) atoms. The third kappa shape index (κ3) is 4.38. The average Bonchev–Trinajstić information content (AvgIpc) is 2.16. The zero-order chi connectivity index (χ0) is 10.4. The van der Waals surface area contributed by atoms with Crippen molar-refractivity contribution in [3.8, 4) is 0 Å². The van der Waals surface area contributed by atoms with E-state index in [2.05, 4.69) is 5.32 Å². The van der Waals surface area contributed by atoms with Crippen LogP contribution in [0.15, 0.2) is 0 Å². The molecule has 1 N–H and O–H groups in total. The highest BCUT2D eigenvalue weighted by atomic mass is 19.1. The first-order chi connectivity index (χ1) is 6.64. The van der Waals surface area contributed by atoms with Gasteiger partial charge in [0.25, 0.3) is 0 Å². The number of hydrogen-bond donors (Lipinski definition) is 1. The van der Waals surface area contributed by atoms with Gasteiger partial charge in [-0.1, -0.05) is 6.42 Å². The molecule has 0 aliphatic carbocycles. The molecule has 2 nitrogen and oxygen atoms in total. The van der Waals surface area contributed by atoms with Gasteiger partial charge in [-0.3, -0.25) is 0 Å². The van der Waals surface area contributed by atoms with Crippen LogP contribution >= 0.6 is 0 Å². The Bertz CT molecular complexity index is 155. The quantitative estimate of drug-likeness (QED) is 0.740. The van der Waals surface area contributed by atoms with Gasteiger partial charge in [-0.25, -0.2) is 4.39 Å². The first-order valence-corrected chi connectivity index (χ1v) is 5.64. The zero-order valence-electron chi connectivity index (χ0n) is 9.31. The lowest BCUT2D eigenvalue weighted by Gasteiger charge is -2.29. The van der Waals surface area contributed by atoms with E-state index in [1.807, 2.05) is 6.92 Å². The largest absolute Gasteiger partial charge is 0.378 e. The summed E-state index contributed by atoms with van der Waals surface area (Å²) >= 11 is 0. The van der Waals surface area contributed by atoms with Gasteiger partial charge in [-0.2, -0.15) is 0 Å². The molecular formula is C11H22FNO. The number of alkyl halides is 1. The highest BCUT2D eigenvalue weighted by molar-refractivity contribution is 4.83. The highest BCUT2D eigenvalue weighted by Gasteiger charge is 2.28. The number of ether oxygens (including phenoxy) is 1. The van der Waals surface area contributed by atoms with Crippen molar-refractivity contribution in [3.63, 3.8) is 0 Å². The Morgan fingerprint density at radius 3 is 2.86 bits per heavy atom. The summed E-state index contributed by atoms with van der Waals surface area (Å²) in [6.45, 7) is 5.39. The second-order valence-corrected chi connectivity index (χ2v) is 4.40. The molecule has 84 valence electrons. The lowest BCUT2D eigenvalue weighted by Crippen LogP contribution is -2.41. The highest BCUT2D eigenvalue weighted by Crippen LogP contribution is 2.22. The number of nitrogens with one attached hydrogen (secondary N) is 1. The van der Waals surface area contributed by atoms with Crippen LogP contribution in [-0.2, 0) is 4.74 Å². The molecule has 0 aromatic carbocycles. The standard InChI is InChI=1S/C11H22FNO/c1-3-14-9-11(2,12)8-10-6-4-5-7-13-10/h10,13H,3-9H2,1-2H3. The monoisotopic (exact) mass is 203 g/mol. The summed E-state index contributed by atoms with van der Waals surface area (Å²) in [5.41, 5.74) is -1.18. The molecule has 0 aromatic rings. The fraction of sp³-hybridized carbons (Fsp3) is 1.00. The van der Waals surface area contributed by atoms with Crippen LogP contribution in [0.5, 0.6) is 0 Å². The predicted octanol–water partition coefficient (Wildman–Crippen LogP) is 2.28. The van der Waals surface area contributed by atoms with Crippen LogP contribution < -0.4 is 5.32 Å². The first kappa shape index (κ1) is 11.9. The number of hydrogen-bond acceptors (Lipinski definition) is 2. The Morgan fingerprint density at radius 1 is 1.50 bits per heavy atom. The maximum absolute atomic E-state index is 13.9. The summed E-state index contributed by atoms with van der Waals surface area (Å²) in [5, 5.41) is 3.36. The summed E-state index contributed by atoms with van der Waals surface area (Å²) in [6, 6.07) is 0.346. The molecule has 1 heterocycles. The Morgan fingerprint density at radius 2 is 2.29 bits per heavy atom. The molecule has 0 bridgehead atoms. The van der Waals surface area contributed by atoms with Crippen LogP contribution in [0.3, 0.4) is 0 Å². The second-order valence-electron chi connectivity index (χ2n) is 4.40. The van der Waals surface area contributed by atoms with Crippen LogP contribution in [-0.4, -0.2) is 31.5 Å². The van der Waals surface area contributed by atoms with E-state index in [1.165, 1.54) is 12.8 Å². The van der Waals surface area contributed by atoms with Gasteiger partial charge in [-0.05, 0) is 39.7 Å². The van der Waals surface area contributed by atoms with E-state index in [0.29, 0.717) is 19.1 Å². The lowest BCUT2D eigenvalue weighted by atomic mass is 9.93. The molecule has 3 heteroatoms. The third-order valence-electron chi connectivity index (χ3n) is 2.69. The third-order valence-corrected chi connectivity index (χ3v) is 2.69. The first-order valence-electron chi connectivity index (χ1n) is 5.64. The van der Waals surface area contributed by atoms with E-state index in [1.54, 1.807) is 6.92 Å². The number of piperidine rings is 1. The maximum Gasteiger partial charge on any atom is 0.132 e. The fourth-order valence-electron chi connectivity index (χ4n) is 1.99. The van der Waals surface area contributed by atoms with Crippen molar-refractivity contribution >= 4 is 0 Å². The maximum atomic E-state index is 13.9. The van der Waals surface area contributed by atoms with Gasteiger partial charge in [-0.15, -0.1) is 0 Å². The Labute approximate surface area is 86.2 Å². The average molecular weight is 203 g/mol. The minimum atomic E-state index is -1.18. The molecule has 0 spiro atoms. The van der Waals surface area contributed by atoms with Gasteiger partial charge >= 0.3 is 0 Å². The molecule has 0 amide bonds. The van der Waals surface area contributed by atoms with Crippen LogP contribution in [0, 0.1) is 0 Å². The minimum absolute atomic E-state index is 0.224.